The molecule has 0 radical (unpaired) electrons. The average Bonchev–Trinajstić information content (AvgIpc) is 2.86. The van der Waals surface area contributed by atoms with Crippen LogP contribution < -0.4 is 0 Å². The van der Waals surface area contributed by atoms with E-state index in [2.05, 4.69) is 9.97 Å². The third-order valence-electron chi connectivity index (χ3n) is 3.80. The van der Waals surface area contributed by atoms with Crippen LogP contribution in [0.5, 0.6) is 0 Å². The van der Waals surface area contributed by atoms with Crippen molar-refractivity contribution in [3.05, 3.63) is 21.2 Å². The second-order valence-corrected chi connectivity index (χ2v) is 7.49. The van der Waals surface area contributed by atoms with Gasteiger partial charge >= 0.3 is 0 Å². The zero-order valence-electron chi connectivity index (χ0n) is 12.9. The van der Waals surface area contributed by atoms with Gasteiger partial charge in [-0.05, 0) is 36.4 Å². The van der Waals surface area contributed by atoms with Crippen molar-refractivity contribution in [1.29, 1.82) is 0 Å². The van der Waals surface area contributed by atoms with E-state index in [1.807, 2.05) is 22.6 Å². The van der Waals surface area contributed by atoms with Crippen molar-refractivity contribution < 1.29 is 24.1 Å². The summed E-state index contributed by atoms with van der Waals surface area (Å²) < 4.78 is 27.6. The lowest BCUT2D eigenvalue weighted by molar-refractivity contribution is -0.324. The Kier molecular flexibility index (Phi) is 5.02. The third-order valence-corrected chi connectivity index (χ3v) is 4.91. The molecule has 1 saturated heterocycles. The molecular formula is C14H16ClFIN3O4. The summed E-state index contributed by atoms with van der Waals surface area (Å²) in [5.74, 6) is -1.02. The van der Waals surface area contributed by atoms with Crippen LogP contribution in [0.3, 0.4) is 0 Å². The van der Waals surface area contributed by atoms with Gasteiger partial charge in [-0.2, -0.15) is 0 Å². The van der Waals surface area contributed by atoms with Gasteiger partial charge in [0, 0.05) is 9.77 Å². The number of aliphatic hydroxyl groups is 2. The molecule has 3 heterocycles. The molecule has 0 saturated carbocycles. The number of aliphatic hydroxyl groups excluding tert-OH is 2. The van der Waals surface area contributed by atoms with Crippen molar-refractivity contribution in [2.24, 2.45) is 0 Å². The zero-order valence-corrected chi connectivity index (χ0v) is 15.8. The fourth-order valence-electron chi connectivity index (χ4n) is 2.63. The number of halogens is 3. The van der Waals surface area contributed by atoms with Crippen LogP contribution in [-0.2, 0) is 9.47 Å². The molecule has 0 amide bonds. The van der Waals surface area contributed by atoms with Gasteiger partial charge < -0.3 is 19.7 Å². The molecule has 4 atom stereocenters. The van der Waals surface area contributed by atoms with E-state index in [9.17, 15) is 14.6 Å². The lowest BCUT2D eigenvalue weighted by atomic mass is 10.1. The van der Waals surface area contributed by atoms with Crippen molar-refractivity contribution in [3.8, 4) is 0 Å². The average molecular weight is 472 g/mol. The molecule has 1 fully saturated rings. The smallest absolute Gasteiger partial charge is 0.206 e. The first-order chi connectivity index (χ1) is 11.2. The summed E-state index contributed by atoms with van der Waals surface area (Å²) in [6, 6.07) is 0. The van der Waals surface area contributed by atoms with E-state index in [1.54, 1.807) is 13.8 Å². The standard InChI is InChI=1S/C14H16ClFIN3O4/c1-14(2)23-4-7(21)10(24-14)9(22)12(16)20-3-6(17)8-11(15)18-5-19-13(8)20/h3,5,7,9-10,12,21-22H,4H2,1-2H3/t7-,9-,10?,12?/m1/s1. The second-order valence-electron chi connectivity index (χ2n) is 5.97. The normalized spacial score (nSPS) is 26.5. The highest BCUT2D eigenvalue weighted by Gasteiger charge is 2.43. The first-order valence-electron chi connectivity index (χ1n) is 7.20. The van der Waals surface area contributed by atoms with E-state index in [4.69, 9.17) is 21.1 Å². The Hall–Kier alpha value is -0.590. The monoisotopic (exact) mass is 471 g/mol. The Morgan fingerprint density at radius 1 is 1.50 bits per heavy atom. The fraction of sp³-hybridized carbons (Fsp3) is 0.571. The van der Waals surface area contributed by atoms with Gasteiger partial charge in [-0.25, -0.2) is 14.4 Å². The van der Waals surface area contributed by atoms with Crippen LogP contribution in [0.4, 0.5) is 4.39 Å². The maximum absolute atomic E-state index is 15.0. The highest BCUT2D eigenvalue weighted by Crippen LogP contribution is 2.33. The predicted octanol–water partition coefficient (Wildman–Crippen LogP) is 2.03. The Bertz CT molecular complexity index is 759. The Labute approximate surface area is 155 Å². The lowest BCUT2D eigenvalue weighted by Gasteiger charge is -2.41. The van der Waals surface area contributed by atoms with E-state index in [0.717, 1.165) is 4.57 Å². The maximum atomic E-state index is 15.0. The van der Waals surface area contributed by atoms with E-state index >= 15 is 0 Å². The number of rotatable bonds is 3. The quantitative estimate of drug-likeness (QED) is 0.526. The van der Waals surface area contributed by atoms with Gasteiger partial charge in [0.25, 0.3) is 0 Å². The maximum Gasteiger partial charge on any atom is 0.206 e. The summed E-state index contributed by atoms with van der Waals surface area (Å²) in [5.41, 5.74) is 0.256. The number of hydrogen-bond donors (Lipinski definition) is 2. The van der Waals surface area contributed by atoms with Gasteiger partial charge in [0.2, 0.25) is 6.30 Å². The third kappa shape index (κ3) is 3.25. The molecule has 7 nitrogen and oxygen atoms in total. The highest BCUT2D eigenvalue weighted by molar-refractivity contribution is 14.1. The SMILES string of the molecule is CC1(C)OC[C@@H](O)C([C@@H](O)C(F)n2cc(I)c3c(Cl)ncnc32)O1. The number of nitrogens with zero attached hydrogens (tertiary/aromatic N) is 3. The summed E-state index contributed by atoms with van der Waals surface area (Å²) in [6.45, 7) is 3.21. The second kappa shape index (κ2) is 6.61. The molecule has 0 aliphatic carbocycles. The minimum Gasteiger partial charge on any atom is -0.388 e. The van der Waals surface area contributed by atoms with Crippen molar-refractivity contribution >= 4 is 45.2 Å². The molecule has 0 spiro atoms. The molecule has 3 rings (SSSR count). The Morgan fingerprint density at radius 2 is 2.21 bits per heavy atom. The Balaban J connectivity index is 1.94. The molecule has 132 valence electrons. The van der Waals surface area contributed by atoms with E-state index in [1.165, 1.54) is 12.5 Å². The van der Waals surface area contributed by atoms with Crippen LogP contribution in [0, 0.1) is 3.57 Å². The van der Waals surface area contributed by atoms with Crippen LogP contribution in [0.15, 0.2) is 12.5 Å². The van der Waals surface area contributed by atoms with Gasteiger partial charge in [-0.1, -0.05) is 11.6 Å². The molecule has 0 aromatic carbocycles. The zero-order chi connectivity index (χ0) is 17.6. The molecule has 10 heteroatoms. The number of fused-ring (bicyclic) bond motifs is 1. The van der Waals surface area contributed by atoms with E-state index in [-0.39, 0.29) is 17.4 Å². The van der Waals surface area contributed by atoms with Crippen molar-refractivity contribution in [3.63, 3.8) is 0 Å². The van der Waals surface area contributed by atoms with Crippen LogP contribution in [0.2, 0.25) is 5.15 Å². The summed E-state index contributed by atoms with van der Waals surface area (Å²) in [7, 11) is 0. The van der Waals surface area contributed by atoms with Crippen molar-refractivity contribution in [2.45, 2.75) is 44.2 Å². The molecule has 1 aliphatic heterocycles. The molecule has 2 aromatic rings. The number of aromatic nitrogens is 3. The lowest BCUT2D eigenvalue weighted by Crippen LogP contribution is -2.54. The molecule has 1 aliphatic rings. The van der Waals surface area contributed by atoms with Crippen LogP contribution in [0.25, 0.3) is 11.0 Å². The van der Waals surface area contributed by atoms with E-state index in [0.29, 0.717) is 8.96 Å². The molecule has 2 unspecified atom stereocenters. The van der Waals surface area contributed by atoms with Gasteiger partial charge in [0.05, 0.1) is 12.0 Å². The largest absolute Gasteiger partial charge is 0.388 e. The van der Waals surface area contributed by atoms with Crippen molar-refractivity contribution in [1.82, 2.24) is 14.5 Å². The first-order valence-corrected chi connectivity index (χ1v) is 8.65. The van der Waals surface area contributed by atoms with Crippen LogP contribution in [-0.4, -0.2) is 55.5 Å². The molecule has 0 bridgehead atoms. The van der Waals surface area contributed by atoms with E-state index < -0.39 is 30.4 Å². The van der Waals surface area contributed by atoms with Gasteiger partial charge in [0.1, 0.15) is 35.4 Å². The summed E-state index contributed by atoms with van der Waals surface area (Å²) in [4.78, 5) is 7.92. The number of alkyl halides is 1. The van der Waals surface area contributed by atoms with Crippen molar-refractivity contribution in [2.75, 3.05) is 6.61 Å². The molecule has 2 aromatic heterocycles. The van der Waals surface area contributed by atoms with Gasteiger partial charge in [0.15, 0.2) is 5.79 Å². The minimum atomic E-state index is -1.89. The summed E-state index contributed by atoms with van der Waals surface area (Å²) >= 11 is 8.02. The number of hydrogen-bond acceptors (Lipinski definition) is 6. The summed E-state index contributed by atoms with van der Waals surface area (Å²) in [6.07, 6.45) is -3.10. The summed E-state index contributed by atoms with van der Waals surface area (Å²) in [5, 5.41) is 21.1. The van der Waals surface area contributed by atoms with Crippen LogP contribution in [0.1, 0.15) is 20.1 Å². The molecular weight excluding hydrogens is 456 g/mol. The van der Waals surface area contributed by atoms with Crippen LogP contribution >= 0.6 is 34.2 Å². The van der Waals surface area contributed by atoms with Gasteiger partial charge in [-0.15, -0.1) is 0 Å². The fourth-order valence-corrected chi connectivity index (χ4v) is 3.82. The Morgan fingerprint density at radius 3 is 2.92 bits per heavy atom. The molecule has 24 heavy (non-hydrogen) atoms. The predicted molar refractivity (Wildman–Crippen MR) is 92.3 cm³/mol. The molecule has 2 N–H and O–H groups in total. The first kappa shape index (κ1) is 18.2. The van der Waals surface area contributed by atoms with Gasteiger partial charge in [-0.3, -0.25) is 4.57 Å². The minimum absolute atomic E-state index is 0.0561. The number of ether oxygens (including phenoxy) is 2. The topological polar surface area (TPSA) is 89.6 Å². The highest BCUT2D eigenvalue weighted by atomic mass is 127.